The van der Waals surface area contributed by atoms with Crippen LogP contribution in [-0.4, -0.2) is 39.0 Å². The minimum Gasteiger partial charge on any atom is -0.481 e. The first-order chi connectivity index (χ1) is 13.6. The number of hydrogen-bond acceptors (Lipinski definition) is 3. The maximum absolute atomic E-state index is 13.4. The van der Waals surface area contributed by atoms with Gasteiger partial charge in [0.1, 0.15) is 11.6 Å². The smallest absolute Gasteiger partial charge is 0.303 e. The highest BCUT2D eigenvalue weighted by molar-refractivity contribution is 5.85. The van der Waals surface area contributed by atoms with E-state index in [-0.39, 0.29) is 36.5 Å². The number of nitrogens with one attached hydrogen (secondary N) is 1. The Balaban J connectivity index is 0.00000240. The SMILES string of the molecule is Cl.O=C(O)C[C@@H]1CCN(Cc2ccccc2)C[C@@H]1Cc1nc2ccc(F)cc2[nH]1. The Kier molecular flexibility index (Phi) is 6.87. The van der Waals surface area contributed by atoms with E-state index in [9.17, 15) is 14.3 Å². The van der Waals surface area contributed by atoms with Gasteiger partial charge in [-0.1, -0.05) is 30.3 Å². The van der Waals surface area contributed by atoms with Crippen LogP contribution in [0.3, 0.4) is 0 Å². The summed E-state index contributed by atoms with van der Waals surface area (Å²) in [5, 5.41) is 9.32. The minimum absolute atomic E-state index is 0. The van der Waals surface area contributed by atoms with Crippen LogP contribution >= 0.6 is 12.4 Å². The first-order valence-corrected chi connectivity index (χ1v) is 9.69. The number of aromatic nitrogens is 2. The Morgan fingerprint density at radius 3 is 2.76 bits per heavy atom. The number of carboxylic acids is 1. The predicted octanol–water partition coefficient (Wildman–Crippen LogP) is 4.28. The van der Waals surface area contributed by atoms with Crippen LogP contribution in [0.15, 0.2) is 48.5 Å². The highest BCUT2D eigenvalue weighted by Gasteiger charge is 2.31. The van der Waals surface area contributed by atoms with Gasteiger partial charge >= 0.3 is 5.97 Å². The molecule has 5 nitrogen and oxygen atoms in total. The number of fused-ring (bicyclic) bond motifs is 1. The summed E-state index contributed by atoms with van der Waals surface area (Å²) in [6.45, 7) is 2.59. The second-order valence-electron chi connectivity index (χ2n) is 7.68. The van der Waals surface area contributed by atoms with Crippen molar-refractivity contribution in [2.24, 2.45) is 11.8 Å². The number of aromatic amines is 1. The van der Waals surface area contributed by atoms with E-state index in [2.05, 4.69) is 27.0 Å². The summed E-state index contributed by atoms with van der Waals surface area (Å²) in [6.07, 6.45) is 1.71. The van der Waals surface area contributed by atoms with E-state index in [0.717, 1.165) is 37.4 Å². The molecule has 0 unspecified atom stereocenters. The van der Waals surface area contributed by atoms with E-state index < -0.39 is 5.97 Å². The number of hydrogen-bond donors (Lipinski definition) is 2. The molecule has 2 aromatic carbocycles. The van der Waals surface area contributed by atoms with Gasteiger partial charge in [-0.2, -0.15) is 0 Å². The Labute approximate surface area is 175 Å². The molecule has 2 atom stereocenters. The standard InChI is InChI=1S/C22H24FN3O2.ClH/c23-18-6-7-19-20(12-18)25-21(24-19)10-17-14-26(9-8-16(17)11-22(27)28)13-15-4-2-1-3-5-15;/h1-7,12,16-17H,8-11,13-14H2,(H,24,25)(H,27,28);1H/t16-,17-;/m0./s1. The summed E-state index contributed by atoms with van der Waals surface area (Å²) >= 11 is 0. The second kappa shape index (κ2) is 9.37. The van der Waals surface area contributed by atoms with Crippen molar-refractivity contribution in [2.75, 3.05) is 13.1 Å². The fourth-order valence-electron chi connectivity index (χ4n) is 4.25. The Hall–Kier alpha value is -2.44. The Morgan fingerprint density at radius 1 is 1.21 bits per heavy atom. The molecule has 0 bridgehead atoms. The predicted molar refractivity (Wildman–Crippen MR) is 113 cm³/mol. The van der Waals surface area contributed by atoms with E-state index in [4.69, 9.17) is 0 Å². The molecule has 4 rings (SSSR count). The minimum atomic E-state index is -0.752. The van der Waals surface area contributed by atoms with E-state index in [1.165, 1.54) is 17.7 Å². The lowest BCUT2D eigenvalue weighted by molar-refractivity contribution is -0.139. The summed E-state index contributed by atoms with van der Waals surface area (Å²) in [4.78, 5) is 21.5. The quantitative estimate of drug-likeness (QED) is 0.628. The summed E-state index contributed by atoms with van der Waals surface area (Å²) in [7, 11) is 0. The first kappa shape index (κ1) is 21.3. The molecule has 0 spiro atoms. The van der Waals surface area contributed by atoms with E-state index in [1.54, 1.807) is 6.07 Å². The van der Waals surface area contributed by atoms with Gasteiger partial charge in [-0.15, -0.1) is 12.4 Å². The van der Waals surface area contributed by atoms with Crippen molar-refractivity contribution in [3.8, 4) is 0 Å². The number of nitrogens with zero attached hydrogens (tertiary/aromatic N) is 2. The molecule has 2 N–H and O–H groups in total. The molecule has 2 heterocycles. The molecule has 0 aliphatic carbocycles. The van der Waals surface area contributed by atoms with Gasteiger partial charge in [0.2, 0.25) is 0 Å². The number of carbonyl (C=O) groups is 1. The average molecular weight is 418 g/mol. The lowest BCUT2D eigenvalue weighted by Crippen LogP contribution is -2.41. The lowest BCUT2D eigenvalue weighted by atomic mass is 9.81. The van der Waals surface area contributed by atoms with Gasteiger partial charge in [0, 0.05) is 25.9 Å². The lowest BCUT2D eigenvalue weighted by Gasteiger charge is -2.38. The molecular formula is C22H25ClFN3O2. The number of rotatable bonds is 6. The molecule has 1 aromatic heterocycles. The monoisotopic (exact) mass is 417 g/mol. The van der Waals surface area contributed by atoms with Gasteiger partial charge in [-0.05, 0) is 48.6 Å². The van der Waals surface area contributed by atoms with Crippen LogP contribution in [0.1, 0.15) is 24.2 Å². The molecule has 1 fully saturated rings. The van der Waals surface area contributed by atoms with Crippen molar-refractivity contribution in [1.82, 2.24) is 14.9 Å². The molecule has 154 valence electrons. The first-order valence-electron chi connectivity index (χ1n) is 9.69. The zero-order valence-corrected chi connectivity index (χ0v) is 16.9. The number of piperidine rings is 1. The summed E-state index contributed by atoms with van der Waals surface area (Å²) in [6, 6.07) is 14.8. The number of imidazole rings is 1. The molecule has 0 radical (unpaired) electrons. The van der Waals surface area contributed by atoms with Gasteiger partial charge in [0.25, 0.3) is 0 Å². The second-order valence-corrected chi connectivity index (χ2v) is 7.68. The normalized spacial score (nSPS) is 19.8. The molecule has 1 aliphatic heterocycles. The van der Waals surface area contributed by atoms with Gasteiger partial charge in [0.05, 0.1) is 11.0 Å². The number of benzene rings is 2. The fraction of sp³-hybridized carbons (Fsp3) is 0.364. The highest BCUT2D eigenvalue weighted by Crippen LogP contribution is 2.30. The molecule has 29 heavy (non-hydrogen) atoms. The topological polar surface area (TPSA) is 69.2 Å². The van der Waals surface area contributed by atoms with Crippen molar-refractivity contribution < 1.29 is 14.3 Å². The van der Waals surface area contributed by atoms with Crippen LogP contribution in [0.25, 0.3) is 11.0 Å². The van der Waals surface area contributed by atoms with Crippen LogP contribution in [0.5, 0.6) is 0 Å². The summed E-state index contributed by atoms with van der Waals surface area (Å²) < 4.78 is 13.4. The number of aliphatic carboxylic acids is 1. The van der Waals surface area contributed by atoms with Crippen molar-refractivity contribution in [3.05, 3.63) is 65.7 Å². The van der Waals surface area contributed by atoms with Gasteiger partial charge in [0.15, 0.2) is 0 Å². The van der Waals surface area contributed by atoms with Crippen LogP contribution in [0.4, 0.5) is 4.39 Å². The maximum Gasteiger partial charge on any atom is 0.303 e. The van der Waals surface area contributed by atoms with Crippen molar-refractivity contribution in [2.45, 2.75) is 25.8 Å². The van der Waals surface area contributed by atoms with Crippen LogP contribution in [-0.2, 0) is 17.8 Å². The zero-order valence-electron chi connectivity index (χ0n) is 16.1. The number of likely N-dealkylation sites (tertiary alicyclic amines) is 1. The fourth-order valence-corrected chi connectivity index (χ4v) is 4.25. The van der Waals surface area contributed by atoms with Crippen molar-refractivity contribution in [1.29, 1.82) is 0 Å². The largest absolute Gasteiger partial charge is 0.481 e. The maximum atomic E-state index is 13.4. The van der Waals surface area contributed by atoms with E-state index in [1.807, 2.05) is 18.2 Å². The summed E-state index contributed by atoms with van der Waals surface area (Å²) in [5.41, 5.74) is 2.68. The molecule has 0 amide bonds. The molecule has 3 aromatic rings. The molecular weight excluding hydrogens is 393 g/mol. The van der Waals surface area contributed by atoms with Crippen molar-refractivity contribution >= 4 is 29.4 Å². The summed E-state index contributed by atoms with van der Waals surface area (Å²) in [5.74, 6) is 0.0623. The molecule has 7 heteroatoms. The third-order valence-corrected chi connectivity index (χ3v) is 5.61. The molecule has 0 saturated carbocycles. The van der Waals surface area contributed by atoms with Gasteiger partial charge in [-0.25, -0.2) is 9.37 Å². The van der Waals surface area contributed by atoms with E-state index >= 15 is 0 Å². The molecule has 1 saturated heterocycles. The number of halogens is 2. The van der Waals surface area contributed by atoms with Crippen molar-refractivity contribution in [3.63, 3.8) is 0 Å². The number of carboxylic acid groups (broad SMARTS) is 1. The third kappa shape index (κ3) is 5.34. The zero-order chi connectivity index (χ0) is 19.5. The van der Waals surface area contributed by atoms with Crippen LogP contribution < -0.4 is 0 Å². The Morgan fingerprint density at radius 2 is 2.00 bits per heavy atom. The van der Waals surface area contributed by atoms with Crippen LogP contribution in [0, 0.1) is 17.7 Å². The van der Waals surface area contributed by atoms with E-state index in [0.29, 0.717) is 11.9 Å². The highest BCUT2D eigenvalue weighted by atomic mass is 35.5. The van der Waals surface area contributed by atoms with Gasteiger partial charge < -0.3 is 10.1 Å². The number of H-pyrrole nitrogens is 1. The van der Waals surface area contributed by atoms with Gasteiger partial charge in [-0.3, -0.25) is 9.69 Å². The Bertz CT molecular complexity index is 963. The third-order valence-electron chi connectivity index (χ3n) is 5.61. The van der Waals surface area contributed by atoms with Crippen LogP contribution in [0.2, 0.25) is 0 Å². The molecule has 1 aliphatic rings. The average Bonchev–Trinajstić information content (AvgIpc) is 3.06.